The predicted octanol–water partition coefficient (Wildman–Crippen LogP) is 4.63. The number of methoxy groups -OCH3 is 1. The third-order valence-corrected chi connectivity index (χ3v) is 3.09. The summed E-state index contributed by atoms with van der Waals surface area (Å²) in [5.41, 5.74) is 1.73. The van der Waals surface area contributed by atoms with Crippen molar-refractivity contribution in [3.05, 3.63) is 59.2 Å². The van der Waals surface area contributed by atoms with Crippen LogP contribution in [0.25, 0.3) is 0 Å². The van der Waals surface area contributed by atoms with Crippen LogP contribution in [-0.2, 0) is 12.7 Å². The number of hydrogen-bond donors (Lipinski definition) is 1. The van der Waals surface area contributed by atoms with E-state index in [2.05, 4.69) is 5.32 Å². The van der Waals surface area contributed by atoms with Crippen molar-refractivity contribution in [3.8, 4) is 5.75 Å². The maximum absolute atomic E-state index is 12.7. The van der Waals surface area contributed by atoms with Gasteiger partial charge < -0.3 is 10.1 Å². The molecule has 0 aliphatic carbocycles. The van der Waals surface area contributed by atoms with Crippen molar-refractivity contribution in [1.29, 1.82) is 0 Å². The molecule has 2 nitrogen and oxygen atoms in total. The molecule has 0 unspecified atom stereocenters. The van der Waals surface area contributed by atoms with E-state index in [1.807, 2.05) is 25.1 Å². The molecule has 2 rings (SSSR count). The van der Waals surface area contributed by atoms with E-state index >= 15 is 0 Å². The molecule has 0 fully saturated rings. The Morgan fingerprint density at radius 2 is 1.86 bits per heavy atom. The highest BCUT2D eigenvalue weighted by atomic mass is 19.4. The van der Waals surface area contributed by atoms with Crippen LogP contribution in [0.15, 0.2) is 42.5 Å². The van der Waals surface area contributed by atoms with Gasteiger partial charge in [0.25, 0.3) is 0 Å². The molecule has 0 atom stereocenters. The van der Waals surface area contributed by atoms with Crippen LogP contribution < -0.4 is 10.1 Å². The summed E-state index contributed by atoms with van der Waals surface area (Å²) in [4.78, 5) is 0. The lowest BCUT2D eigenvalue weighted by atomic mass is 10.1. The highest BCUT2D eigenvalue weighted by Gasteiger charge is 2.30. The molecule has 0 aromatic heterocycles. The van der Waals surface area contributed by atoms with Gasteiger partial charge in [0.05, 0.1) is 18.4 Å². The normalized spacial score (nSPS) is 11.3. The quantitative estimate of drug-likeness (QED) is 0.887. The van der Waals surface area contributed by atoms with Gasteiger partial charge >= 0.3 is 6.18 Å². The van der Waals surface area contributed by atoms with Crippen LogP contribution in [0.1, 0.15) is 16.7 Å². The average Bonchev–Trinajstić information content (AvgIpc) is 2.45. The third-order valence-electron chi connectivity index (χ3n) is 3.09. The number of rotatable bonds is 4. The van der Waals surface area contributed by atoms with Crippen LogP contribution in [0.4, 0.5) is 18.9 Å². The van der Waals surface area contributed by atoms with Gasteiger partial charge in [-0.1, -0.05) is 18.2 Å². The van der Waals surface area contributed by atoms with E-state index in [0.717, 1.165) is 23.4 Å². The minimum atomic E-state index is -4.32. The fourth-order valence-corrected chi connectivity index (χ4v) is 2.01. The first-order chi connectivity index (χ1) is 9.90. The second-order valence-electron chi connectivity index (χ2n) is 4.76. The maximum atomic E-state index is 12.7. The Morgan fingerprint density at radius 1 is 1.10 bits per heavy atom. The lowest BCUT2D eigenvalue weighted by molar-refractivity contribution is -0.137. The molecule has 0 aliphatic rings. The van der Waals surface area contributed by atoms with E-state index in [0.29, 0.717) is 17.9 Å². The Hall–Kier alpha value is -2.17. The summed E-state index contributed by atoms with van der Waals surface area (Å²) in [5, 5.41) is 3.11. The van der Waals surface area contributed by atoms with Gasteiger partial charge in [-0.3, -0.25) is 0 Å². The molecule has 0 radical (unpaired) electrons. The molecule has 2 aromatic rings. The van der Waals surface area contributed by atoms with Crippen LogP contribution in [0.3, 0.4) is 0 Å². The fourth-order valence-electron chi connectivity index (χ4n) is 2.01. The molecule has 0 bridgehead atoms. The topological polar surface area (TPSA) is 21.3 Å². The summed E-state index contributed by atoms with van der Waals surface area (Å²) in [6, 6.07) is 10.9. The molecule has 0 spiro atoms. The smallest absolute Gasteiger partial charge is 0.416 e. The van der Waals surface area contributed by atoms with E-state index in [1.54, 1.807) is 13.2 Å². The Bertz CT molecular complexity index is 623. The van der Waals surface area contributed by atoms with Crippen LogP contribution >= 0.6 is 0 Å². The molecular weight excluding hydrogens is 279 g/mol. The summed E-state index contributed by atoms with van der Waals surface area (Å²) in [7, 11) is 1.56. The molecule has 0 aliphatic heterocycles. The van der Waals surface area contributed by atoms with Crippen LogP contribution in [0, 0.1) is 6.92 Å². The fraction of sp³-hybridized carbons (Fsp3) is 0.250. The van der Waals surface area contributed by atoms with Crippen LogP contribution in [0.2, 0.25) is 0 Å². The molecule has 0 amide bonds. The number of benzene rings is 2. The van der Waals surface area contributed by atoms with E-state index in [4.69, 9.17) is 4.74 Å². The Morgan fingerprint density at radius 3 is 2.52 bits per heavy atom. The highest BCUT2D eigenvalue weighted by Crippen LogP contribution is 2.30. The molecule has 0 saturated heterocycles. The van der Waals surface area contributed by atoms with Crippen molar-refractivity contribution in [2.75, 3.05) is 12.4 Å². The largest absolute Gasteiger partial charge is 0.495 e. The zero-order valence-corrected chi connectivity index (χ0v) is 11.8. The Labute approximate surface area is 121 Å². The average molecular weight is 295 g/mol. The number of halogens is 3. The zero-order chi connectivity index (χ0) is 15.5. The minimum Gasteiger partial charge on any atom is -0.495 e. The number of alkyl halides is 3. The molecule has 0 saturated carbocycles. The van der Waals surface area contributed by atoms with Crippen molar-refractivity contribution in [2.24, 2.45) is 0 Å². The summed E-state index contributed by atoms with van der Waals surface area (Å²) >= 11 is 0. The first-order valence-corrected chi connectivity index (χ1v) is 6.45. The van der Waals surface area contributed by atoms with E-state index in [1.165, 1.54) is 6.07 Å². The van der Waals surface area contributed by atoms with E-state index < -0.39 is 11.7 Å². The molecule has 0 heterocycles. The van der Waals surface area contributed by atoms with Crippen molar-refractivity contribution >= 4 is 5.69 Å². The van der Waals surface area contributed by atoms with Gasteiger partial charge in [-0.15, -0.1) is 0 Å². The third kappa shape index (κ3) is 3.90. The molecule has 5 heteroatoms. The minimum absolute atomic E-state index is 0.295. The van der Waals surface area contributed by atoms with Crippen LogP contribution in [0.5, 0.6) is 5.75 Å². The standard InChI is InChI=1S/C16H16F3NO/c1-11-6-7-15(21-2)14(8-11)20-10-12-4-3-5-13(9-12)16(17,18)19/h3-9,20H,10H2,1-2H3. The monoisotopic (exact) mass is 295 g/mol. The van der Waals surface area contributed by atoms with Crippen molar-refractivity contribution in [3.63, 3.8) is 0 Å². The second kappa shape index (κ2) is 6.08. The highest BCUT2D eigenvalue weighted by molar-refractivity contribution is 5.58. The number of hydrogen-bond acceptors (Lipinski definition) is 2. The lowest BCUT2D eigenvalue weighted by Gasteiger charge is -2.13. The van der Waals surface area contributed by atoms with Gasteiger partial charge in [-0.25, -0.2) is 0 Å². The van der Waals surface area contributed by atoms with Gasteiger partial charge in [0.15, 0.2) is 0 Å². The van der Waals surface area contributed by atoms with Gasteiger partial charge in [-0.2, -0.15) is 13.2 Å². The van der Waals surface area contributed by atoms with E-state index in [-0.39, 0.29) is 0 Å². The molecular formula is C16H16F3NO. The molecule has 2 aromatic carbocycles. The van der Waals surface area contributed by atoms with Gasteiger partial charge in [0.2, 0.25) is 0 Å². The summed E-state index contributed by atoms with van der Waals surface area (Å²) in [6.07, 6.45) is -4.32. The summed E-state index contributed by atoms with van der Waals surface area (Å²) in [5.74, 6) is 0.660. The van der Waals surface area contributed by atoms with Gasteiger partial charge in [0, 0.05) is 6.54 Å². The SMILES string of the molecule is COc1ccc(C)cc1NCc1cccc(C(F)(F)F)c1. The first kappa shape index (κ1) is 15.2. The summed E-state index contributed by atoms with van der Waals surface area (Å²) in [6.45, 7) is 2.23. The zero-order valence-electron chi connectivity index (χ0n) is 11.8. The van der Waals surface area contributed by atoms with E-state index in [9.17, 15) is 13.2 Å². The lowest BCUT2D eigenvalue weighted by Crippen LogP contribution is -2.07. The predicted molar refractivity (Wildman–Crippen MR) is 76.5 cm³/mol. The summed E-state index contributed by atoms with van der Waals surface area (Å²) < 4.78 is 43.2. The molecule has 112 valence electrons. The molecule has 21 heavy (non-hydrogen) atoms. The number of aryl methyl sites for hydroxylation is 1. The van der Waals surface area contributed by atoms with Crippen LogP contribution in [-0.4, -0.2) is 7.11 Å². The molecule has 1 N–H and O–H groups in total. The van der Waals surface area contributed by atoms with Crippen molar-refractivity contribution in [1.82, 2.24) is 0 Å². The number of anilines is 1. The number of nitrogens with one attached hydrogen (secondary N) is 1. The van der Waals surface area contributed by atoms with Crippen molar-refractivity contribution < 1.29 is 17.9 Å². The maximum Gasteiger partial charge on any atom is 0.416 e. The number of ether oxygens (including phenoxy) is 1. The van der Waals surface area contributed by atoms with Gasteiger partial charge in [-0.05, 0) is 42.3 Å². The van der Waals surface area contributed by atoms with Gasteiger partial charge in [0.1, 0.15) is 5.75 Å². The Balaban J connectivity index is 2.15. The van der Waals surface area contributed by atoms with Crippen molar-refractivity contribution in [2.45, 2.75) is 19.6 Å². The second-order valence-corrected chi connectivity index (χ2v) is 4.76. The first-order valence-electron chi connectivity index (χ1n) is 6.45. The Kier molecular flexibility index (Phi) is 4.40.